The summed E-state index contributed by atoms with van der Waals surface area (Å²) in [5.74, 6) is -0.00255. The third kappa shape index (κ3) is 4.70. The van der Waals surface area contributed by atoms with E-state index in [0.717, 1.165) is 10.8 Å². The van der Waals surface area contributed by atoms with Gasteiger partial charge in [-0.25, -0.2) is 14.4 Å². The molecule has 5 rings (SSSR count). The Kier molecular flexibility index (Phi) is 5.99. The van der Waals surface area contributed by atoms with E-state index in [2.05, 4.69) is 9.97 Å². The maximum absolute atomic E-state index is 14.2. The molecule has 0 atom stereocenters. The highest BCUT2D eigenvalue weighted by Gasteiger charge is 2.21. The number of imidazole rings is 1. The number of aromatic nitrogens is 3. The number of amides is 1. The van der Waals surface area contributed by atoms with E-state index in [4.69, 9.17) is 4.74 Å². The van der Waals surface area contributed by atoms with E-state index < -0.39 is 5.82 Å². The van der Waals surface area contributed by atoms with Crippen LogP contribution in [-0.4, -0.2) is 33.6 Å². The molecule has 1 amide bonds. The van der Waals surface area contributed by atoms with Gasteiger partial charge in [-0.05, 0) is 41.5 Å². The van der Waals surface area contributed by atoms with Gasteiger partial charge in [0.15, 0.2) is 11.7 Å². The number of carbonyl (C=O) groups is 1. The van der Waals surface area contributed by atoms with Gasteiger partial charge >= 0.3 is 0 Å². The van der Waals surface area contributed by atoms with Crippen molar-refractivity contribution >= 4 is 43.4 Å². The SMILES string of the molecule is O=C(COc1ccc2ccccc2c1)N(CCCn1ccnc1)c1nc2c(F)cccc2s1. The minimum Gasteiger partial charge on any atom is -0.484 e. The zero-order valence-corrected chi connectivity index (χ0v) is 18.5. The normalized spacial score (nSPS) is 11.2. The minimum atomic E-state index is -0.395. The van der Waals surface area contributed by atoms with Crippen molar-refractivity contribution in [3.63, 3.8) is 0 Å². The molecule has 0 bridgehead atoms. The summed E-state index contributed by atoms with van der Waals surface area (Å²) in [4.78, 5) is 23.2. The number of carbonyl (C=O) groups excluding carboxylic acids is 1. The molecule has 0 spiro atoms. The lowest BCUT2D eigenvalue weighted by molar-refractivity contribution is -0.120. The first kappa shape index (κ1) is 21.1. The fourth-order valence-electron chi connectivity index (χ4n) is 3.66. The van der Waals surface area contributed by atoms with Gasteiger partial charge in [0.05, 0.1) is 11.0 Å². The van der Waals surface area contributed by atoms with Crippen molar-refractivity contribution in [2.24, 2.45) is 0 Å². The number of hydrogen-bond donors (Lipinski definition) is 0. The molecule has 0 saturated heterocycles. The maximum atomic E-state index is 14.2. The number of ether oxygens (including phenoxy) is 1. The predicted octanol–water partition coefficient (Wildman–Crippen LogP) is 5.29. The smallest absolute Gasteiger partial charge is 0.266 e. The van der Waals surface area contributed by atoms with Crippen LogP contribution in [0.3, 0.4) is 0 Å². The van der Waals surface area contributed by atoms with Gasteiger partial charge in [-0.2, -0.15) is 0 Å². The highest BCUT2D eigenvalue weighted by atomic mass is 32.1. The molecule has 2 heterocycles. The number of aryl methyl sites for hydroxylation is 1. The van der Waals surface area contributed by atoms with Crippen molar-refractivity contribution in [2.75, 3.05) is 18.1 Å². The lowest BCUT2D eigenvalue weighted by Crippen LogP contribution is -2.36. The van der Waals surface area contributed by atoms with Crippen LogP contribution in [0.5, 0.6) is 5.75 Å². The molecule has 8 heteroatoms. The number of thiazole rings is 1. The first-order valence-electron chi connectivity index (χ1n) is 10.6. The van der Waals surface area contributed by atoms with Crippen LogP contribution >= 0.6 is 11.3 Å². The Morgan fingerprint density at radius 2 is 1.97 bits per heavy atom. The van der Waals surface area contributed by atoms with E-state index in [1.165, 1.54) is 17.4 Å². The zero-order chi connectivity index (χ0) is 22.6. The number of nitrogens with zero attached hydrogens (tertiary/aromatic N) is 4. The summed E-state index contributed by atoms with van der Waals surface area (Å²) in [7, 11) is 0. The van der Waals surface area contributed by atoms with Crippen LogP contribution in [0.25, 0.3) is 21.0 Å². The van der Waals surface area contributed by atoms with Gasteiger partial charge in [-0.1, -0.05) is 47.7 Å². The molecule has 33 heavy (non-hydrogen) atoms. The summed E-state index contributed by atoms with van der Waals surface area (Å²) >= 11 is 1.30. The Morgan fingerprint density at radius 3 is 2.79 bits per heavy atom. The van der Waals surface area contributed by atoms with Gasteiger partial charge in [-0.15, -0.1) is 0 Å². The van der Waals surface area contributed by atoms with Crippen LogP contribution in [0, 0.1) is 5.82 Å². The van der Waals surface area contributed by atoms with Crippen molar-refractivity contribution in [3.05, 3.63) is 85.2 Å². The van der Waals surface area contributed by atoms with Crippen LogP contribution < -0.4 is 9.64 Å². The van der Waals surface area contributed by atoms with E-state index in [1.807, 2.05) is 53.2 Å². The van der Waals surface area contributed by atoms with Gasteiger partial charge < -0.3 is 9.30 Å². The van der Waals surface area contributed by atoms with Crippen molar-refractivity contribution in [2.45, 2.75) is 13.0 Å². The van der Waals surface area contributed by atoms with Crippen molar-refractivity contribution in [1.82, 2.24) is 14.5 Å². The van der Waals surface area contributed by atoms with Crippen LogP contribution in [0.1, 0.15) is 6.42 Å². The molecule has 5 aromatic rings. The fraction of sp³-hybridized carbons (Fsp3) is 0.160. The standard InChI is InChI=1S/C25H21FN4O2S/c26-21-7-3-8-22-24(21)28-25(33-22)30(13-4-12-29-14-11-27-17-29)23(31)16-32-20-10-9-18-5-1-2-6-19(18)15-20/h1-3,5-11,14-15,17H,4,12-13,16H2. The molecule has 0 fully saturated rings. The van der Waals surface area contributed by atoms with Gasteiger partial charge in [0, 0.05) is 25.5 Å². The molecule has 0 aliphatic rings. The Hall–Kier alpha value is -3.78. The molecule has 2 aromatic heterocycles. The van der Waals surface area contributed by atoms with Crippen LogP contribution in [0.15, 0.2) is 79.4 Å². The van der Waals surface area contributed by atoms with E-state index in [0.29, 0.717) is 35.1 Å². The number of benzene rings is 3. The summed E-state index contributed by atoms with van der Waals surface area (Å²) in [6, 6.07) is 18.5. The second kappa shape index (κ2) is 9.38. The molecule has 0 aliphatic heterocycles. The van der Waals surface area contributed by atoms with Crippen LogP contribution in [0.4, 0.5) is 9.52 Å². The molecular weight excluding hydrogens is 439 g/mol. The lowest BCUT2D eigenvalue weighted by atomic mass is 10.1. The number of anilines is 1. The Bertz CT molecular complexity index is 1400. The summed E-state index contributed by atoms with van der Waals surface area (Å²) in [6.07, 6.45) is 6.03. The molecule has 0 saturated carbocycles. The second-order valence-electron chi connectivity index (χ2n) is 7.58. The van der Waals surface area contributed by atoms with Gasteiger partial charge in [-0.3, -0.25) is 9.69 Å². The third-order valence-electron chi connectivity index (χ3n) is 5.33. The van der Waals surface area contributed by atoms with E-state index >= 15 is 0 Å². The van der Waals surface area contributed by atoms with Crippen molar-refractivity contribution in [1.29, 1.82) is 0 Å². The number of halogens is 1. The quantitative estimate of drug-likeness (QED) is 0.316. The second-order valence-corrected chi connectivity index (χ2v) is 8.59. The fourth-order valence-corrected chi connectivity index (χ4v) is 4.68. The third-order valence-corrected chi connectivity index (χ3v) is 6.37. The Morgan fingerprint density at radius 1 is 1.09 bits per heavy atom. The number of fused-ring (bicyclic) bond motifs is 2. The Balaban J connectivity index is 1.34. The molecule has 0 aliphatic carbocycles. The first-order chi connectivity index (χ1) is 16.2. The molecular formula is C25H21FN4O2S. The molecule has 166 valence electrons. The molecule has 0 N–H and O–H groups in total. The average molecular weight is 461 g/mol. The molecule has 0 unspecified atom stereocenters. The maximum Gasteiger partial charge on any atom is 0.266 e. The van der Waals surface area contributed by atoms with Crippen LogP contribution in [-0.2, 0) is 11.3 Å². The summed E-state index contributed by atoms with van der Waals surface area (Å²) in [5.41, 5.74) is 0.278. The minimum absolute atomic E-state index is 0.137. The van der Waals surface area contributed by atoms with E-state index in [9.17, 15) is 9.18 Å². The molecule has 3 aromatic carbocycles. The van der Waals surface area contributed by atoms with Crippen molar-refractivity contribution in [3.8, 4) is 5.75 Å². The lowest BCUT2D eigenvalue weighted by Gasteiger charge is -2.20. The number of hydrogen-bond acceptors (Lipinski definition) is 5. The average Bonchev–Trinajstić information content (AvgIpc) is 3.51. The van der Waals surface area contributed by atoms with Gasteiger partial charge in [0.25, 0.3) is 5.91 Å². The van der Waals surface area contributed by atoms with Gasteiger partial charge in [0.2, 0.25) is 0 Å². The highest BCUT2D eigenvalue weighted by Crippen LogP contribution is 2.30. The topological polar surface area (TPSA) is 60.2 Å². The van der Waals surface area contributed by atoms with E-state index in [1.54, 1.807) is 29.6 Å². The Labute approximate surface area is 193 Å². The van der Waals surface area contributed by atoms with Gasteiger partial charge in [0.1, 0.15) is 17.1 Å². The molecule has 0 radical (unpaired) electrons. The first-order valence-corrected chi connectivity index (χ1v) is 11.4. The summed E-state index contributed by atoms with van der Waals surface area (Å²) in [6.45, 7) is 0.996. The van der Waals surface area contributed by atoms with E-state index in [-0.39, 0.29) is 18.0 Å². The van der Waals surface area contributed by atoms with Crippen LogP contribution in [0.2, 0.25) is 0 Å². The zero-order valence-electron chi connectivity index (χ0n) is 17.7. The monoisotopic (exact) mass is 460 g/mol. The number of rotatable bonds is 8. The molecule has 6 nitrogen and oxygen atoms in total. The summed E-state index contributed by atoms with van der Waals surface area (Å²) < 4.78 is 22.7. The number of para-hydroxylation sites is 1. The highest BCUT2D eigenvalue weighted by molar-refractivity contribution is 7.22. The van der Waals surface area contributed by atoms with Crippen molar-refractivity contribution < 1.29 is 13.9 Å². The largest absolute Gasteiger partial charge is 0.484 e. The predicted molar refractivity (Wildman–Crippen MR) is 128 cm³/mol. The summed E-state index contributed by atoms with van der Waals surface area (Å²) in [5, 5.41) is 2.61.